The van der Waals surface area contributed by atoms with Crippen LogP contribution in [0.2, 0.25) is 0 Å². The Hall–Kier alpha value is -0.910. The van der Waals surface area contributed by atoms with Gasteiger partial charge >= 0.3 is 0 Å². The number of amides is 1. The number of nitrogens with one attached hydrogen (secondary N) is 1. The first-order chi connectivity index (χ1) is 8.24. The molecule has 0 radical (unpaired) electrons. The highest BCUT2D eigenvalue weighted by Gasteiger charge is 2.37. The number of rotatable bonds is 5. The van der Waals surface area contributed by atoms with E-state index in [1.807, 2.05) is 30.2 Å². The van der Waals surface area contributed by atoms with Gasteiger partial charge in [-0.3, -0.25) is 10.1 Å². The van der Waals surface area contributed by atoms with Crippen LogP contribution in [0.5, 0.6) is 0 Å². The molecule has 0 spiro atoms. The Kier molecular flexibility index (Phi) is 4.15. The Balaban J connectivity index is 2.05. The fourth-order valence-corrected chi connectivity index (χ4v) is 2.80. The average Bonchev–Trinajstić information content (AvgIpc) is 2.92. The second-order valence-electron chi connectivity index (χ2n) is 4.03. The largest absolute Gasteiger partial charge is 0.380 e. The lowest BCUT2D eigenvalue weighted by atomic mass is 10.3. The van der Waals surface area contributed by atoms with Gasteiger partial charge in [0, 0.05) is 18.0 Å². The van der Waals surface area contributed by atoms with E-state index >= 15 is 0 Å². The van der Waals surface area contributed by atoms with Gasteiger partial charge in [-0.05, 0) is 25.3 Å². The third-order valence-electron chi connectivity index (χ3n) is 2.87. The summed E-state index contributed by atoms with van der Waals surface area (Å²) in [6.07, 6.45) is 0.0120. The minimum atomic E-state index is -0.108. The van der Waals surface area contributed by atoms with Crippen LogP contribution in [0.1, 0.15) is 24.9 Å². The summed E-state index contributed by atoms with van der Waals surface area (Å²) in [7, 11) is 0. The van der Waals surface area contributed by atoms with E-state index in [9.17, 15) is 4.79 Å². The summed E-state index contributed by atoms with van der Waals surface area (Å²) in [5, 5.41) is 5.35. The van der Waals surface area contributed by atoms with E-state index in [4.69, 9.17) is 4.74 Å². The lowest BCUT2D eigenvalue weighted by molar-refractivity contribution is -0.130. The van der Waals surface area contributed by atoms with E-state index in [2.05, 4.69) is 11.4 Å². The zero-order valence-corrected chi connectivity index (χ0v) is 11.0. The molecular formula is C12H18N2O2S. The molecule has 17 heavy (non-hydrogen) atoms. The van der Waals surface area contributed by atoms with E-state index < -0.39 is 0 Å². The fourth-order valence-electron chi connectivity index (χ4n) is 2.00. The Bertz CT molecular complexity index is 367. The van der Waals surface area contributed by atoms with Crippen molar-refractivity contribution in [3.8, 4) is 0 Å². The lowest BCUT2D eigenvalue weighted by Crippen LogP contribution is -2.33. The van der Waals surface area contributed by atoms with Crippen molar-refractivity contribution >= 4 is 17.2 Å². The van der Waals surface area contributed by atoms with Gasteiger partial charge in [0.05, 0.1) is 12.6 Å². The summed E-state index contributed by atoms with van der Waals surface area (Å²) in [6.45, 7) is 5.80. The van der Waals surface area contributed by atoms with Crippen LogP contribution in [0.15, 0.2) is 17.5 Å². The Morgan fingerprint density at radius 1 is 1.59 bits per heavy atom. The second kappa shape index (κ2) is 5.62. The Morgan fingerprint density at radius 3 is 3.06 bits per heavy atom. The second-order valence-corrected chi connectivity index (χ2v) is 5.01. The highest BCUT2D eigenvalue weighted by atomic mass is 32.1. The van der Waals surface area contributed by atoms with Crippen molar-refractivity contribution in [1.29, 1.82) is 0 Å². The van der Waals surface area contributed by atoms with Crippen molar-refractivity contribution in [2.75, 3.05) is 19.8 Å². The van der Waals surface area contributed by atoms with Crippen LogP contribution in [-0.2, 0) is 9.53 Å². The van der Waals surface area contributed by atoms with Crippen LogP contribution in [0.3, 0.4) is 0 Å². The van der Waals surface area contributed by atoms with Crippen LogP contribution >= 0.6 is 11.3 Å². The number of hydrogen-bond donors (Lipinski definition) is 1. The topological polar surface area (TPSA) is 41.6 Å². The molecular weight excluding hydrogens is 236 g/mol. The van der Waals surface area contributed by atoms with Crippen LogP contribution in [0.25, 0.3) is 0 Å². The van der Waals surface area contributed by atoms with Crippen molar-refractivity contribution < 1.29 is 9.53 Å². The highest BCUT2D eigenvalue weighted by molar-refractivity contribution is 7.10. The number of hydrogen-bond acceptors (Lipinski definition) is 4. The molecule has 1 saturated heterocycles. The maximum absolute atomic E-state index is 12.0. The summed E-state index contributed by atoms with van der Waals surface area (Å²) < 4.78 is 5.33. The van der Waals surface area contributed by atoms with Crippen LogP contribution in [0, 0.1) is 0 Å². The average molecular weight is 254 g/mol. The maximum atomic E-state index is 12.0. The van der Waals surface area contributed by atoms with Gasteiger partial charge < -0.3 is 9.64 Å². The monoisotopic (exact) mass is 254 g/mol. The number of thiophene rings is 1. The summed E-state index contributed by atoms with van der Waals surface area (Å²) in [5.74, 6) is 0.156. The van der Waals surface area contributed by atoms with Crippen LogP contribution in [-0.4, -0.2) is 36.6 Å². The first kappa shape index (κ1) is 12.5. The van der Waals surface area contributed by atoms with Crippen LogP contribution in [0.4, 0.5) is 0 Å². The smallest absolute Gasteiger partial charge is 0.241 e. The van der Waals surface area contributed by atoms with Crippen molar-refractivity contribution in [2.45, 2.75) is 26.1 Å². The molecule has 0 saturated carbocycles. The molecule has 1 aromatic heterocycles. The van der Waals surface area contributed by atoms with Gasteiger partial charge in [-0.15, -0.1) is 11.3 Å². The number of carbonyl (C=O) groups is 1. The molecule has 1 N–H and O–H groups in total. The van der Waals surface area contributed by atoms with E-state index in [1.54, 1.807) is 11.3 Å². The SMILES string of the molecule is CCOCCN1C(=O)C(C)NC1c1cccs1. The third-order valence-corrected chi connectivity index (χ3v) is 3.79. The molecule has 2 atom stereocenters. The molecule has 94 valence electrons. The van der Waals surface area contributed by atoms with Crippen molar-refractivity contribution in [3.63, 3.8) is 0 Å². The van der Waals surface area contributed by atoms with Gasteiger partial charge in [0.1, 0.15) is 6.17 Å². The third kappa shape index (κ3) is 2.68. The summed E-state index contributed by atoms with van der Waals surface area (Å²) >= 11 is 1.67. The molecule has 1 amide bonds. The van der Waals surface area contributed by atoms with Crippen molar-refractivity contribution in [1.82, 2.24) is 10.2 Å². The zero-order chi connectivity index (χ0) is 12.3. The number of carbonyl (C=O) groups excluding carboxylic acids is 1. The minimum absolute atomic E-state index is 0.0120. The summed E-state index contributed by atoms with van der Waals surface area (Å²) in [6, 6.07) is 3.96. The van der Waals surface area contributed by atoms with E-state index in [0.717, 1.165) is 0 Å². The van der Waals surface area contributed by atoms with Gasteiger partial charge in [0.15, 0.2) is 0 Å². The number of nitrogens with zero attached hydrogens (tertiary/aromatic N) is 1. The van der Waals surface area contributed by atoms with Gasteiger partial charge in [-0.1, -0.05) is 6.07 Å². The minimum Gasteiger partial charge on any atom is -0.380 e. The Labute approximate surface area is 106 Å². The first-order valence-electron chi connectivity index (χ1n) is 5.91. The fraction of sp³-hybridized carbons (Fsp3) is 0.583. The van der Waals surface area contributed by atoms with Gasteiger partial charge in [0.25, 0.3) is 0 Å². The zero-order valence-electron chi connectivity index (χ0n) is 10.2. The van der Waals surface area contributed by atoms with Gasteiger partial charge in [0.2, 0.25) is 5.91 Å². The lowest BCUT2D eigenvalue weighted by Gasteiger charge is -2.23. The molecule has 0 aromatic carbocycles. The predicted molar refractivity (Wildman–Crippen MR) is 67.9 cm³/mol. The molecule has 1 aliphatic rings. The molecule has 5 heteroatoms. The predicted octanol–water partition coefficient (Wildman–Crippen LogP) is 1.60. The quantitative estimate of drug-likeness (QED) is 0.812. The first-order valence-corrected chi connectivity index (χ1v) is 6.79. The molecule has 1 aliphatic heterocycles. The molecule has 2 rings (SSSR count). The number of ether oxygens (including phenoxy) is 1. The molecule has 1 fully saturated rings. The van der Waals surface area contributed by atoms with E-state index in [-0.39, 0.29) is 18.1 Å². The normalized spacial score (nSPS) is 24.6. The summed E-state index contributed by atoms with van der Waals surface area (Å²) in [4.78, 5) is 15.1. The summed E-state index contributed by atoms with van der Waals surface area (Å²) in [5.41, 5.74) is 0. The van der Waals surface area contributed by atoms with Crippen molar-refractivity contribution in [3.05, 3.63) is 22.4 Å². The highest BCUT2D eigenvalue weighted by Crippen LogP contribution is 2.28. The van der Waals surface area contributed by atoms with E-state index in [0.29, 0.717) is 19.8 Å². The molecule has 0 bridgehead atoms. The van der Waals surface area contributed by atoms with Crippen LogP contribution < -0.4 is 5.32 Å². The molecule has 4 nitrogen and oxygen atoms in total. The maximum Gasteiger partial charge on any atom is 0.241 e. The van der Waals surface area contributed by atoms with Gasteiger partial charge in [-0.2, -0.15) is 0 Å². The standard InChI is InChI=1S/C12H18N2O2S/c1-3-16-7-6-14-11(10-5-4-8-17-10)13-9(2)12(14)15/h4-5,8-9,11,13H,3,6-7H2,1-2H3. The molecule has 1 aromatic rings. The van der Waals surface area contributed by atoms with E-state index in [1.165, 1.54) is 4.88 Å². The molecule has 2 heterocycles. The Morgan fingerprint density at radius 2 is 2.41 bits per heavy atom. The van der Waals surface area contributed by atoms with Crippen molar-refractivity contribution in [2.24, 2.45) is 0 Å². The molecule has 0 aliphatic carbocycles. The molecule has 2 unspecified atom stereocenters. The van der Waals surface area contributed by atoms with Gasteiger partial charge in [-0.25, -0.2) is 0 Å².